The lowest BCUT2D eigenvalue weighted by Crippen LogP contribution is -2.05. The molecule has 78 valence electrons. The van der Waals surface area contributed by atoms with Crippen molar-refractivity contribution in [3.63, 3.8) is 0 Å². The van der Waals surface area contributed by atoms with Crippen molar-refractivity contribution in [3.8, 4) is 0 Å². The minimum atomic E-state index is -0.188. The first-order valence-electron chi connectivity index (χ1n) is 4.61. The molecule has 0 bridgehead atoms. The van der Waals surface area contributed by atoms with Crippen LogP contribution in [-0.4, -0.2) is 15.2 Å². The van der Waals surface area contributed by atoms with Crippen LogP contribution in [-0.2, 0) is 13.2 Å². The van der Waals surface area contributed by atoms with Crippen molar-refractivity contribution >= 4 is 10.9 Å². The predicted octanol–water partition coefficient (Wildman–Crippen LogP) is 0.513. The third kappa shape index (κ3) is 1.77. The summed E-state index contributed by atoms with van der Waals surface area (Å²) in [5, 5.41) is 18.4. The maximum absolute atomic E-state index is 11.6. The molecule has 15 heavy (non-hydrogen) atoms. The molecule has 2 aromatic rings. The molecule has 0 aliphatic carbocycles. The summed E-state index contributed by atoms with van der Waals surface area (Å²) in [6.45, 7) is -0.274. The van der Waals surface area contributed by atoms with E-state index < -0.39 is 0 Å². The van der Waals surface area contributed by atoms with Gasteiger partial charge < -0.3 is 15.2 Å². The normalized spacial score (nSPS) is 10.8. The van der Waals surface area contributed by atoms with Crippen molar-refractivity contribution in [2.75, 3.05) is 0 Å². The van der Waals surface area contributed by atoms with Crippen LogP contribution in [0.1, 0.15) is 11.3 Å². The average molecular weight is 205 g/mol. The first kappa shape index (κ1) is 9.89. The Bertz CT molecular complexity index is 545. The highest BCUT2D eigenvalue weighted by atomic mass is 16.3. The molecule has 3 N–H and O–H groups in total. The smallest absolute Gasteiger partial charge is 0.189 e. The van der Waals surface area contributed by atoms with E-state index in [4.69, 9.17) is 10.2 Å². The van der Waals surface area contributed by atoms with Crippen molar-refractivity contribution in [3.05, 3.63) is 45.7 Å². The number of aliphatic hydroxyl groups excluding tert-OH is 2. The quantitative estimate of drug-likeness (QED) is 0.669. The summed E-state index contributed by atoms with van der Waals surface area (Å²) in [6, 6.07) is 6.47. The van der Waals surface area contributed by atoms with E-state index in [-0.39, 0.29) is 18.6 Å². The molecule has 0 saturated carbocycles. The Labute approximate surface area is 85.8 Å². The lowest BCUT2D eigenvalue weighted by molar-refractivity contribution is 0.277. The number of hydrogen-bond donors (Lipinski definition) is 3. The Kier molecular flexibility index (Phi) is 2.53. The molecule has 1 aromatic carbocycles. The number of fused-ring (bicyclic) bond motifs is 1. The van der Waals surface area contributed by atoms with Crippen molar-refractivity contribution in [2.45, 2.75) is 13.2 Å². The van der Waals surface area contributed by atoms with E-state index in [9.17, 15) is 4.79 Å². The highest BCUT2D eigenvalue weighted by Gasteiger charge is 2.02. The van der Waals surface area contributed by atoms with Crippen molar-refractivity contribution in [1.82, 2.24) is 4.98 Å². The zero-order valence-electron chi connectivity index (χ0n) is 8.03. The minimum Gasteiger partial charge on any atom is -0.392 e. The van der Waals surface area contributed by atoms with Crippen LogP contribution < -0.4 is 5.43 Å². The maximum atomic E-state index is 11.6. The molecule has 0 aliphatic rings. The number of benzene rings is 1. The molecule has 0 aliphatic heterocycles. The van der Waals surface area contributed by atoms with Gasteiger partial charge in [-0.15, -0.1) is 0 Å². The molecule has 4 heteroatoms. The molecule has 2 rings (SSSR count). The molecule has 0 spiro atoms. The van der Waals surface area contributed by atoms with Gasteiger partial charge in [-0.05, 0) is 17.7 Å². The number of nitrogens with one attached hydrogen (secondary N) is 1. The molecule has 0 amide bonds. The van der Waals surface area contributed by atoms with E-state index in [0.717, 1.165) is 0 Å². The first-order chi connectivity index (χ1) is 7.24. The molecule has 1 heterocycles. The number of aliphatic hydroxyl groups is 2. The highest BCUT2D eigenvalue weighted by Crippen LogP contribution is 2.11. The predicted molar refractivity (Wildman–Crippen MR) is 56.4 cm³/mol. The van der Waals surface area contributed by atoms with Gasteiger partial charge in [0.05, 0.1) is 13.2 Å². The topological polar surface area (TPSA) is 73.3 Å². The minimum absolute atomic E-state index is 0.0862. The fourth-order valence-corrected chi connectivity index (χ4v) is 1.53. The molecular weight excluding hydrogens is 194 g/mol. The zero-order valence-corrected chi connectivity index (χ0v) is 8.03. The van der Waals surface area contributed by atoms with Crippen LogP contribution in [0.3, 0.4) is 0 Å². The second-order valence-corrected chi connectivity index (χ2v) is 3.35. The summed E-state index contributed by atoms with van der Waals surface area (Å²) in [7, 11) is 0. The van der Waals surface area contributed by atoms with Crippen LogP contribution in [0, 0.1) is 0 Å². The van der Waals surface area contributed by atoms with E-state index in [1.165, 1.54) is 6.07 Å². The number of pyridine rings is 1. The largest absolute Gasteiger partial charge is 0.392 e. The summed E-state index contributed by atoms with van der Waals surface area (Å²) < 4.78 is 0. The molecule has 0 saturated heterocycles. The van der Waals surface area contributed by atoms with Crippen LogP contribution in [0.2, 0.25) is 0 Å². The van der Waals surface area contributed by atoms with E-state index in [2.05, 4.69) is 4.98 Å². The summed E-state index contributed by atoms with van der Waals surface area (Å²) >= 11 is 0. The van der Waals surface area contributed by atoms with E-state index in [1.54, 1.807) is 18.2 Å². The van der Waals surface area contributed by atoms with Gasteiger partial charge in [0.1, 0.15) is 0 Å². The van der Waals surface area contributed by atoms with E-state index >= 15 is 0 Å². The van der Waals surface area contributed by atoms with Gasteiger partial charge in [0.15, 0.2) is 5.43 Å². The lowest BCUT2D eigenvalue weighted by Gasteiger charge is -2.03. The maximum Gasteiger partial charge on any atom is 0.189 e. The molecule has 0 fully saturated rings. The Morgan fingerprint density at radius 1 is 1.13 bits per heavy atom. The molecule has 0 radical (unpaired) electrons. The Hall–Kier alpha value is -1.65. The SMILES string of the molecule is O=c1cc(CO)[nH]c2ccc(CO)cc12. The van der Waals surface area contributed by atoms with Gasteiger partial charge in [0.25, 0.3) is 0 Å². The number of hydrogen-bond acceptors (Lipinski definition) is 3. The monoisotopic (exact) mass is 205 g/mol. The second kappa shape index (κ2) is 3.84. The second-order valence-electron chi connectivity index (χ2n) is 3.35. The third-order valence-corrected chi connectivity index (χ3v) is 2.30. The van der Waals surface area contributed by atoms with Crippen LogP contribution in [0.4, 0.5) is 0 Å². The molecule has 0 unspecified atom stereocenters. The van der Waals surface area contributed by atoms with Crippen LogP contribution >= 0.6 is 0 Å². The lowest BCUT2D eigenvalue weighted by atomic mass is 10.1. The fraction of sp³-hybridized carbons (Fsp3) is 0.182. The summed E-state index contributed by atoms with van der Waals surface area (Å²) in [5.74, 6) is 0. The van der Waals surface area contributed by atoms with Crippen molar-refractivity contribution in [1.29, 1.82) is 0 Å². The average Bonchev–Trinajstić information content (AvgIpc) is 2.28. The molecular formula is C11H11NO3. The fourth-order valence-electron chi connectivity index (χ4n) is 1.53. The number of aromatic amines is 1. The molecule has 0 atom stereocenters. The van der Waals surface area contributed by atoms with E-state index in [0.29, 0.717) is 22.2 Å². The van der Waals surface area contributed by atoms with Crippen molar-refractivity contribution in [2.24, 2.45) is 0 Å². The van der Waals surface area contributed by atoms with Gasteiger partial charge in [0, 0.05) is 22.7 Å². The Morgan fingerprint density at radius 2 is 1.93 bits per heavy atom. The van der Waals surface area contributed by atoms with Gasteiger partial charge in [-0.3, -0.25) is 4.79 Å². The van der Waals surface area contributed by atoms with Crippen LogP contribution in [0.5, 0.6) is 0 Å². The third-order valence-electron chi connectivity index (χ3n) is 2.30. The zero-order chi connectivity index (χ0) is 10.8. The molecule has 1 aromatic heterocycles. The van der Waals surface area contributed by atoms with E-state index in [1.807, 2.05) is 0 Å². The van der Waals surface area contributed by atoms with Crippen molar-refractivity contribution < 1.29 is 10.2 Å². The number of rotatable bonds is 2. The molecule has 4 nitrogen and oxygen atoms in total. The first-order valence-corrected chi connectivity index (χ1v) is 4.61. The van der Waals surface area contributed by atoms with Gasteiger partial charge >= 0.3 is 0 Å². The van der Waals surface area contributed by atoms with Gasteiger partial charge in [-0.1, -0.05) is 6.07 Å². The Morgan fingerprint density at radius 3 is 2.60 bits per heavy atom. The van der Waals surface area contributed by atoms with Crippen LogP contribution in [0.25, 0.3) is 10.9 Å². The number of aromatic nitrogens is 1. The summed E-state index contributed by atoms with van der Waals surface area (Å²) in [6.07, 6.45) is 0. The van der Waals surface area contributed by atoms with Crippen LogP contribution in [0.15, 0.2) is 29.1 Å². The van der Waals surface area contributed by atoms with Gasteiger partial charge in [-0.25, -0.2) is 0 Å². The Balaban J connectivity index is 2.74. The van der Waals surface area contributed by atoms with Gasteiger partial charge in [-0.2, -0.15) is 0 Å². The standard InChI is InChI=1S/C11H11NO3/c13-5-7-1-2-10-9(3-7)11(15)4-8(6-14)12-10/h1-4,13-14H,5-6H2,(H,12,15). The van der Waals surface area contributed by atoms with Gasteiger partial charge in [0.2, 0.25) is 0 Å². The number of H-pyrrole nitrogens is 1. The summed E-state index contributed by atoms with van der Waals surface area (Å²) in [5.41, 5.74) is 1.71. The summed E-state index contributed by atoms with van der Waals surface area (Å²) in [4.78, 5) is 14.6. The highest BCUT2D eigenvalue weighted by molar-refractivity contribution is 5.79.